The van der Waals surface area contributed by atoms with Crippen LogP contribution in [0.3, 0.4) is 0 Å². The van der Waals surface area contributed by atoms with Gasteiger partial charge in [0.15, 0.2) is 0 Å². The van der Waals surface area contributed by atoms with E-state index in [0.717, 1.165) is 4.90 Å². The SMILES string of the molecule is CC(C)(C)OC(=O)NCCC[C@@H](CNC(=O)[C@H](CO)NC(=O)[C@@H]1Cc2cc(ccc2O)-c2ccc(O)c(c2)C[C@H](NC(=O)OC(C)(C)C)C(=O)N[C@@H](CCCNC(=O)OC(C)(C)C)C(=O)N1)N(C(=O)O)C(C)(C)C. The molecule has 0 unspecified atom stereocenters. The fourth-order valence-electron chi connectivity index (χ4n) is 7.75. The zero-order valence-electron chi connectivity index (χ0n) is 44.6. The number of ether oxygens (including phenoxy) is 3. The number of rotatable bonds is 16. The highest BCUT2D eigenvalue weighted by atomic mass is 16.6. The Morgan fingerprint density at radius 3 is 1.68 bits per heavy atom. The van der Waals surface area contributed by atoms with Gasteiger partial charge in [-0.05, 0) is 155 Å². The molecule has 0 radical (unpaired) electrons. The maximum absolute atomic E-state index is 14.5. The number of hydrogen-bond acceptors (Lipinski definition) is 14. The molecule has 23 heteroatoms. The van der Waals surface area contributed by atoms with Gasteiger partial charge in [-0.15, -0.1) is 0 Å². The normalized spacial score (nSPS) is 17.3. The second kappa shape index (κ2) is 26.3. The minimum Gasteiger partial charge on any atom is -0.508 e. The molecular formula is C51H78N8O15. The number of hydrogen-bond donors (Lipinski definition) is 11. The van der Waals surface area contributed by atoms with Crippen LogP contribution in [0.1, 0.15) is 120 Å². The summed E-state index contributed by atoms with van der Waals surface area (Å²) in [7, 11) is 0. The number of carbonyl (C=O) groups excluding carboxylic acids is 7. The number of amides is 8. The molecule has 8 amide bonds. The van der Waals surface area contributed by atoms with Gasteiger partial charge in [0.25, 0.3) is 0 Å². The summed E-state index contributed by atoms with van der Waals surface area (Å²) in [5, 5.41) is 61.0. The molecule has 0 aromatic heterocycles. The van der Waals surface area contributed by atoms with Crippen molar-refractivity contribution in [2.75, 3.05) is 26.2 Å². The van der Waals surface area contributed by atoms with Crippen molar-refractivity contribution in [3.63, 3.8) is 0 Å². The molecule has 1 aliphatic heterocycles. The first-order valence-electron chi connectivity index (χ1n) is 24.6. The molecule has 11 N–H and O–H groups in total. The van der Waals surface area contributed by atoms with Gasteiger partial charge in [-0.1, -0.05) is 12.1 Å². The predicted molar refractivity (Wildman–Crippen MR) is 272 cm³/mol. The van der Waals surface area contributed by atoms with Gasteiger partial charge in [-0.25, -0.2) is 19.2 Å². The fraction of sp³-hybridized carbons (Fsp3) is 0.608. The number of carbonyl (C=O) groups is 8. The van der Waals surface area contributed by atoms with Crippen molar-refractivity contribution in [1.29, 1.82) is 0 Å². The van der Waals surface area contributed by atoms with Crippen LogP contribution in [0.25, 0.3) is 11.1 Å². The van der Waals surface area contributed by atoms with E-state index in [9.17, 15) is 58.8 Å². The van der Waals surface area contributed by atoms with Gasteiger partial charge in [-0.2, -0.15) is 0 Å². The van der Waals surface area contributed by atoms with E-state index in [0.29, 0.717) is 11.1 Å². The number of carboxylic acid groups (broad SMARTS) is 1. The number of benzene rings is 2. The van der Waals surface area contributed by atoms with E-state index in [-0.39, 0.29) is 74.4 Å². The van der Waals surface area contributed by atoms with Gasteiger partial charge in [0.05, 0.1) is 12.6 Å². The summed E-state index contributed by atoms with van der Waals surface area (Å²) in [5.41, 5.74) is -2.17. The van der Waals surface area contributed by atoms with Crippen LogP contribution in [0.4, 0.5) is 19.2 Å². The van der Waals surface area contributed by atoms with Gasteiger partial charge in [0.2, 0.25) is 23.6 Å². The van der Waals surface area contributed by atoms with Gasteiger partial charge >= 0.3 is 24.4 Å². The topological polar surface area (TPSA) is 333 Å². The van der Waals surface area contributed by atoms with E-state index in [1.165, 1.54) is 12.1 Å². The third-order valence-corrected chi connectivity index (χ3v) is 11.0. The van der Waals surface area contributed by atoms with Crippen LogP contribution >= 0.6 is 0 Å². The molecule has 3 rings (SSSR count). The molecule has 0 saturated carbocycles. The van der Waals surface area contributed by atoms with Crippen molar-refractivity contribution in [2.45, 2.75) is 174 Å². The number of aliphatic hydroxyl groups is 1. The van der Waals surface area contributed by atoms with Crippen LogP contribution in [-0.4, -0.2) is 152 Å². The Hall–Kier alpha value is -7.04. The Kier molecular flexibility index (Phi) is 21.7. The monoisotopic (exact) mass is 1040 g/mol. The molecule has 0 aliphatic carbocycles. The van der Waals surface area contributed by atoms with E-state index < -0.39 is 114 Å². The number of fused-ring (bicyclic) bond motifs is 5. The molecule has 1 heterocycles. The average Bonchev–Trinajstić information content (AvgIpc) is 3.25. The minimum atomic E-state index is -1.66. The highest BCUT2D eigenvalue weighted by Crippen LogP contribution is 2.31. The standard InChI is InChI=1S/C51H78N8O15/c1-48(2,3)59(47(70)71)33(15-13-21-52-44(67)72-49(4,5)6)27-54-40(63)37(28-60)57-42(65)35-25-31-23-29(17-19-38(31)61)30-18-20-39(62)32(24-30)26-36(58-46(69)74-51(10,11)12)43(66)55-34(41(64)56-35)16-14-22-53-45(68)73-50(7,8)9/h17-20,23-24,33-37,60-62H,13-16,21-22,25-28H2,1-12H3,(H,52,67)(H,53,68)(H,54,63)(H,55,66)(H,56,64)(H,57,65)(H,58,69)(H,70,71)/t33-,34-,35-,36-,37-/m0/s1. The number of nitrogens with zero attached hydrogens (tertiary/aromatic N) is 1. The van der Waals surface area contributed by atoms with Crippen LogP contribution < -0.4 is 37.2 Å². The number of phenols is 2. The van der Waals surface area contributed by atoms with Crippen molar-refractivity contribution < 1.29 is 73.0 Å². The Labute approximate surface area is 432 Å². The van der Waals surface area contributed by atoms with E-state index in [1.807, 2.05) is 0 Å². The zero-order valence-corrected chi connectivity index (χ0v) is 44.6. The molecule has 74 heavy (non-hydrogen) atoms. The minimum absolute atomic E-state index is 0.0313. The smallest absolute Gasteiger partial charge is 0.408 e. The maximum Gasteiger partial charge on any atom is 0.408 e. The first-order valence-corrected chi connectivity index (χ1v) is 24.6. The number of phenolic OH excluding ortho intramolecular Hbond substituents is 2. The van der Waals surface area contributed by atoms with Crippen molar-refractivity contribution in [2.24, 2.45) is 0 Å². The summed E-state index contributed by atoms with van der Waals surface area (Å²) < 4.78 is 16.0. The van der Waals surface area contributed by atoms with Gasteiger partial charge in [0.1, 0.15) is 52.5 Å². The summed E-state index contributed by atoms with van der Waals surface area (Å²) >= 11 is 0. The first-order chi connectivity index (χ1) is 34.2. The number of aliphatic hydroxyl groups excluding tert-OH is 1. The molecule has 5 atom stereocenters. The third-order valence-electron chi connectivity index (χ3n) is 11.0. The predicted octanol–water partition coefficient (Wildman–Crippen LogP) is 4.08. The molecule has 0 saturated heterocycles. The van der Waals surface area contributed by atoms with Crippen molar-refractivity contribution >= 4 is 48.0 Å². The lowest BCUT2D eigenvalue weighted by Gasteiger charge is -2.40. The van der Waals surface area contributed by atoms with Crippen LogP contribution in [-0.2, 0) is 46.2 Å². The number of alkyl carbamates (subject to hydrolysis) is 3. The van der Waals surface area contributed by atoms with Crippen LogP contribution in [0.2, 0.25) is 0 Å². The molecule has 1 aliphatic rings. The lowest BCUT2D eigenvalue weighted by Crippen LogP contribution is -2.60. The van der Waals surface area contributed by atoms with E-state index in [4.69, 9.17) is 14.2 Å². The third kappa shape index (κ3) is 20.8. The maximum atomic E-state index is 14.5. The lowest BCUT2D eigenvalue weighted by atomic mass is 9.95. The molecule has 2 aromatic carbocycles. The molecular weight excluding hydrogens is 965 g/mol. The van der Waals surface area contributed by atoms with Crippen LogP contribution in [0.5, 0.6) is 11.5 Å². The van der Waals surface area contributed by atoms with Gasteiger partial charge < -0.3 is 71.9 Å². The fourth-order valence-corrected chi connectivity index (χ4v) is 7.75. The average molecular weight is 1040 g/mol. The lowest BCUT2D eigenvalue weighted by molar-refractivity contribution is -0.134. The summed E-state index contributed by atoms with van der Waals surface area (Å²) in [5.74, 6) is -4.27. The summed E-state index contributed by atoms with van der Waals surface area (Å²) in [4.78, 5) is 109. The Balaban J connectivity index is 2.03. The van der Waals surface area contributed by atoms with Crippen molar-refractivity contribution in [3.8, 4) is 22.6 Å². The molecule has 23 nitrogen and oxygen atoms in total. The second-order valence-corrected chi connectivity index (χ2v) is 22.0. The molecule has 412 valence electrons. The summed E-state index contributed by atoms with van der Waals surface area (Å²) in [6, 6.07) is 1.92. The van der Waals surface area contributed by atoms with Crippen molar-refractivity contribution in [3.05, 3.63) is 47.5 Å². The molecule has 4 bridgehead atoms. The highest BCUT2D eigenvalue weighted by molar-refractivity contribution is 5.96. The highest BCUT2D eigenvalue weighted by Gasteiger charge is 2.36. The summed E-state index contributed by atoms with van der Waals surface area (Å²) in [6.45, 7) is 18.9. The van der Waals surface area contributed by atoms with Crippen molar-refractivity contribution in [1.82, 2.24) is 42.1 Å². The Bertz CT molecular complexity index is 2320. The first kappa shape index (κ1) is 61.3. The Morgan fingerprint density at radius 1 is 0.689 bits per heavy atom. The van der Waals surface area contributed by atoms with Gasteiger partial charge in [-0.3, -0.25) is 24.1 Å². The number of nitrogens with one attached hydrogen (secondary N) is 7. The van der Waals surface area contributed by atoms with E-state index in [1.54, 1.807) is 107 Å². The quantitative estimate of drug-likeness (QED) is 0.0834. The summed E-state index contributed by atoms with van der Waals surface area (Å²) in [6.07, 6.45) is -4.05. The molecule has 0 spiro atoms. The second-order valence-electron chi connectivity index (χ2n) is 22.0. The van der Waals surface area contributed by atoms with E-state index in [2.05, 4.69) is 37.2 Å². The molecule has 0 fully saturated rings. The largest absolute Gasteiger partial charge is 0.508 e. The Morgan fingerprint density at radius 2 is 1.19 bits per heavy atom. The zero-order chi connectivity index (χ0) is 55.9. The van der Waals surface area contributed by atoms with Gasteiger partial charge in [0, 0.05) is 38.0 Å². The van der Waals surface area contributed by atoms with Crippen LogP contribution in [0.15, 0.2) is 36.4 Å². The molecule has 2 aromatic rings. The number of aromatic hydroxyl groups is 2. The van der Waals surface area contributed by atoms with E-state index >= 15 is 0 Å². The van der Waals surface area contributed by atoms with Crippen LogP contribution in [0, 0.1) is 0 Å².